The van der Waals surface area contributed by atoms with Gasteiger partial charge in [-0.25, -0.2) is 4.79 Å². The molecule has 1 aromatic heterocycles. The first-order valence-corrected chi connectivity index (χ1v) is 6.45. The molecule has 5 heteroatoms. The topological polar surface area (TPSA) is 44.1 Å². The van der Waals surface area contributed by atoms with Crippen LogP contribution in [0.5, 0.6) is 0 Å². The molecule has 1 heterocycles. The largest absolute Gasteiger partial charge is 0.461 e. The summed E-state index contributed by atoms with van der Waals surface area (Å²) >= 11 is 6.13. The van der Waals surface area contributed by atoms with Crippen LogP contribution < -0.4 is 0 Å². The van der Waals surface area contributed by atoms with Gasteiger partial charge in [-0.2, -0.15) is 5.10 Å². The Kier molecular flexibility index (Phi) is 4.22. The Morgan fingerprint density at radius 3 is 2.68 bits per heavy atom. The van der Waals surface area contributed by atoms with Crippen molar-refractivity contribution in [3.05, 3.63) is 52.3 Å². The maximum Gasteiger partial charge on any atom is 0.360 e. The van der Waals surface area contributed by atoms with Crippen molar-refractivity contribution < 1.29 is 9.53 Å². The highest BCUT2D eigenvalue weighted by atomic mass is 35.5. The van der Waals surface area contributed by atoms with Gasteiger partial charge < -0.3 is 4.74 Å². The number of nitrogens with zero attached hydrogens (tertiary/aromatic N) is 2. The molecule has 0 aliphatic rings. The summed E-state index contributed by atoms with van der Waals surface area (Å²) in [6.07, 6.45) is 0. The molecular formula is C14H15ClN2O2. The standard InChI is InChI=1S/C14H15ClN2O2/c1-3-19-14(18)13-12(15)10(2)17(16-13)9-11-7-5-4-6-8-11/h4-8H,3,9H2,1-2H3. The molecular weight excluding hydrogens is 264 g/mol. The van der Waals surface area contributed by atoms with Crippen LogP contribution in [0.4, 0.5) is 0 Å². The van der Waals surface area contributed by atoms with Gasteiger partial charge in [0.15, 0.2) is 5.69 Å². The Morgan fingerprint density at radius 2 is 2.05 bits per heavy atom. The van der Waals surface area contributed by atoms with Crippen molar-refractivity contribution in [2.45, 2.75) is 20.4 Å². The highest BCUT2D eigenvalue weighted by Crippen LogP contribution is 2.21. The van der Waals surface area contributed by atoms with Crippen LogP contribution in [0, 0.1) is 6.92 Å². The van der Waals surface area contributed by atoms with Crippen molar-refractivity contribution in [1.82, 2.24) is 9.78 Å². The predicted molar refractivity (Wildman–Crippen MR) is 73.5 cm³/mol. The molecule has 2 aromatic rings. The molecule has 100 valence electrons. The maximum absolute atomic E-state index is 11.7. The molecule has 0 amide bonds. The maximum atomic E-state index is 11.7. The highest BCUT2D eigenvalue weighted by Gasteiger charge is 2.20. The number of ether oxygens (including phenoxy) is 1. The number of hydrogen-bond acceptors (Lipinski definition) is 3. The number of benzene rings is 1. The first-order chi connectivity index (χ1) is 9.13. The van der Waals surface area contributed by atoms with Gasteiger partial charge in [-0.15, -0.1) is 0 Å². The van der Waals surface area contributed by atoms with Gasteiger partial charge in [-0.05, 0) is 19.4 Å². The minimum absolute atomic E-state index is 0.178. The Bertz CT molecular complexity index is 579. The van der Waals surface area contributed by atoms with E-state index in [9.17, 15) is 4.79 Å². The van der Waals surface area contributed by atoms with Crippen molar-refractivity contribution in [2.24, 2.45) is 0 Å². The smallest absolute Gasteiger partial charge is 0.360 e. The van der Waals surface area contributed by atoms with Crippen LogP contribution in [0.2, 0.25) is 5.02 Å². The van der Waals surface area contributed by atoms with Gasteiger partial charge in [0.1, 0.15) is 0 Å². The third kappa shape index (κ3) is 2.96. The molecule has 0 spiro atoms. The van der Waals surface area contributed by atoms with Gasteiger partial charge in [0, 0.05) is 0 Å². The van der Waals surface area contributed by atoms with E-state index in [2.05, 4.69) is 5.10 Å². The zero-order valence-corrected chi connectivity index (χ0v) is 11.6. The van der Waals surface area contributed by atoms with E-state index in [4.69, 9.17) is 16.3 Å². The molecule has 4 nitrogen and oxygen atoms in total. The van der Waals surface area contributed by atoms with Crippen molar-refractivity contribution in [3.8, 4) is 0 Å². The molecule has 0 bridgehead atoms. The van der Waals surface area contributed by atoms with Crippen LogP contribution in [0.1, 0.15) is 28.7 Å². The Labute approximate surface area is 116 Å². The summed E-state index contributed by atoms with van der Waals surface area (Å²) in [5.41, 5.74) is 2.03. The van der Waals surface area contributed by atoms with Gasteiger partial charge >= 0.3 is 5.97 Å². The number of halogens is 1. The average Bonchev–Trinajstić information content (AvgIpc) is 2.69. The number of aromatic nitrogens is 2. The summed E-state index contributed by atoms with van der Waals surface area (Å²) in [7, 11) is 0. The normalized spacial score (nSPS) is 10.5. The van der Waals surface area contributed by atoms with Crippen LogP contribution in [0.25, 0.3) is 0 Å². The van der Waals surface area contributed by atoms with Crippen molar-refractivity contribution in [3.63, 3.8) is 0 Å². The highest BCUT2D eigenvalue weighted by molar-refractivity contribution is 6.33. The van der Waals surface area contributed by atoms with E-state index in [1.165, 1.54) is 0 Å². The molecule has 0 unspecified atom stereocenters. The summed E-state index contributed by atoms with van der Waals surface area (Å²) in [6.45, 7) is 4.46. The number of hydrogen-bond donors (Lipinski definition) is 0. The fourth-order valence-corrected chi connectivity index (χ4v) is 1.98. The van der Waals surface area contributed by atoms with Crippen LogP contribution in [0.3, 0.4) is 0 Å². The molecule has 0 aliphatic heterocycles. The van der Waals surface area contributed by atoms with E-state index in [0.29, 0.717) is 18.2 Å². The first kappa shape index (κ1) is 13.6. The Balaban J connectivity index is 2.28. The molecule has 0 saturated carbocycles. The van der Waals surface area contributed by atoms with E-state index >= 15 is 0 Å². The fraction of sp³-hybridized carbons (Fsp3) is 0.286. The van der Waals surface area contributed by atoms with Gasteiger partial charge in [0.2, 0.25) is 0 Å². The third-order valence-electron chi connectivity index (χ3n) is 2.78. The van der Waals surface area contributed by atoms with Crippen molar-refractivity contribution >= 4 is 17.6 Å². The number of esters is 1. The summed E-state index contributed by atoms with van der Waals surface area (Å²) < 4.78 is 6.64. The predicted octanol–water partition coefficient (Wildman–Crippen LogP) is 3.07. The molecule has 0 radical (unpaired) electrons. The average molecular weight is 279 g/mol. The lowest BCUT2D eigenvalue weighted by atomic mass is 10.2. The summed E-state index contributed by atoms with van der Waals surface area (Å²) in [5, 5.41) is 4.59. The number of carbonyl (C=O) groups is 1. The quantitative estimate of drug-likeness (QED) is 0.808. The van der Waals surface area contributed by atoms with Gasteiger partial charge in [-0.1, -0.05) is 41.9 Å². The Hall–Kier alpha value is -1.81. The van der Waals surface area contributed by atoms with Gasteiger partial charge in [-0.3, -0.25) is 4.68 Å². The lowest BCUT2D eigenvalue weighted by Crippen LogP contribution is -2.08. The van der Waals surface area contributed by atoms with E-state index in [0.717, 1.165) is 11.3 Å². The van der Waals surface area contributed by atoms with E-state index in [-0.39, 0.29) is 5.69 Å². The lowest BCUT2D eigenvalue weighted by molar-refractivity contribution is 0.0518. The molecule has 19 heavy (non-hydrogen) atoms. The van der Waals surface area contributed by atoms with Crippen LogP contribution >= 0.6 is 11.6 Å². The van der Waals surface area contributed by atoms with E-state index in [1.54, 1.807) is 11.6 Å². The van der Waals surface area contributed by atoms with Crippen molar-refractivity contribution in [2.75, 3.05) is 6.61 Å². The number of carbonyl (C=O) groups excluding carboxylic acids is 1. The minimum Gasteiger partial charge on any atom is -0.461 e. The molecule has 0 fully saturated rings. The van der Waals surface area contributed by atoms with Crippen LogP contribution in [-0.2, 0) is 11.3 Å². The second kappa shape index (κ2) is 5.89. The monoisotopic (exact) mass is 278 g/mol. The molecule has 0 N–H and O–H groups in total. The third-order valence-corrected chi connectivity index (χ3v) is 3.23. The van der Waals surface area contributed by atoms with Crippen molar-refractivity contribution in [1.29, 1.82) is 0 Å². The molecule has 0 atom stereocenters. The second-order valence-electron chi connectivity index (χ2n) is 4.11. The molecule has 0 saturated heterocycles. The van der Waals surface area contributed by atoms with Crippen LogP contribution in [-0.4, -0.2) is 22.4 Å². The van der Waals surface area contributed by atoms with Gasteiger partial charge in [0.25, 0.3) is 0 Å². The molecule has 0 aliphatic carbocycles. The molecule has 2 rings (SSSR count). The van der Waals surface area contributed by atoms with E-state index < -0.39 is 5.97 Å². The summed E-state index contributed by atoms with van der Waals surface area (Å²) in [5.74, 6) is -0.484. The second-order valence-corrected chi connectivity index (χ2v) is 4.49. The van der Waals surface area contributed by atoms with Crippen LogP contribution in [0.15, 0.2) is 30.3 Å². The first-order valence-electron chi connectivity index (χ1n) is 6.07. The number of rotatable bonds is 4. The summed E-state index contributed by atoms with van der Waals surface area (Å²) in [6, 6.07) is 9.87. The lowest BCUT2D eigenvalue weighted by Gasteiger charge is -2.03. The zero-order valence-electron chi connectivity index (χ0n) is 10.9. The Morgan fingerprint density at radius 1 is 1.37 bits per heavy atom. The fourth-order valence-electron chi connectivity index (χ4n) is 1.76. The van der Waals surface area contributed by atoms with E-state index in [1.807, 2.05) is 37.3 Å². The SMILES string of the molecule is CCOC(=O)c1nn(Cc2ccccc2)c(C)c1Cl. The summed E-state index contributed by atoms with van der Waals surface area (Å²) in [4.78, 5) is 11.7. The zero-order chi connectivity index (χ0) is 13.8. The molecule has 1 aromatic carbocycles. The minimum atomic E-state index is -0.484. The van der Waals surface area contributed by atoms with Gasteiger partial charge in [0.05, 0.1) is 23.9 Å².